The molecule has 47 heavy (non-hydrogen) atoms. The number of aliphatic imine (C=N–C) groups is 1. The second-order valence-electron chi connectivity index (χ2n) is 12.2. The van der Waals surface area contributed by atoms with E-state index in [1.54, 1.807) is 0 Å². The Hall–Kier alpha value is -4.13. The van der Waals surface area contributed by atoms with Crippen molar-refractivity contribution in [1.29, 1.82) is 0 Å². The smallest absolute Gasteiger partial charge is 0.408 e. The van der Waals surface area contributed by atoms with E-state index in [0.717, 1.165) is 11.1 Å². The summed E-state index contributed by atoms with van der Waals surface area (Å²) < 4.78 is 5.33. The van der Waals surface area contributed by atoms with E-state index in [0.29, 0.717) is 19.3 Å². The van der Waals surface area contributed by atoms with Gasteiger partial charge in [-0.2, -0.15) is 0 Å². The van der Waals surface area contributed by atoms with Gasteiger partial charge in [-0.15, -0.1) is 0 Å². The van der Waals surface area contributed by atoms with Gasteiger partial charge in [0.05, 0.1) is 4.83 Å². The number of nitrogens with one attached hydrogen (secondary N) is 4. The van der Waals surface area contributed by atoms with E-state index in [9.17, 15) is 19.2 Å². The van der Waals surface area contributed by atoms with Crippen LogP contribution in [0.4, 0.5) is 4.79 Å². The molecule has 0 saturated carbocycles. The summed E-state index contributed by atoms with van der Waals surface area (Å²) in [6, 6.07) is 16.6. The molecular formula is C34H50BrN7O5. The molecule has 0 fully saturated rings. The van der Waals surface area contributed by atoms with Gasteiger partial charge in [-0.1, -0.05) is 104 Å². The van der Waals surface area contributed by atoms with Crippen LogP contribution >= 0.6 is 15.9 Å². The Bertz CT molecular complexity index is 1290. The van der Waals surface area contributed by atoms with Gasteiger partial charge in [0, 0.05) is 19.1 Å². The number of ether oxygens (including phenoxy) is 1. The fourth-order valence-electron chi connectivity index (χ4n) is 4.63. The summed E-state index contributed by atoms with van der Waals surface area (Å²) in [6.45, 7) is 8.28. The molecule has 0 bridgehead atoms. The van der Waals surface area contributed by atoms with Gasteiger partial charge in [-0.25, -0.2) is 4.79 Å². The van der Waals surface area contributed by atoms with Crippen LogP contribution in [-0.4, -0.2) is 65.8 Å². The number of guanidine groups is 1. The van der Waals surface area contributed by atoms with Crippen molar-refractivity contribution in [2.75, 3.05) is 13.1 Å². The third kappa shape index (κ3) is 15.8. The monoisotopic (exact) mass is 715 g/mol. The topological polar surface area (TPSA) is 190 Å². The Balaban J connectivity index is 2.06. The van der Waals surface area contributed by atoms with E-state index in [1.165, 1.54) is 0 Å². The predicted molar refractivity (Wildman–Crippen MR) is 187 cm³/mol. The molecule has 2 aromatic rings. The van der Waals surface area contributed by atoms with Crippen molar-refractivity contribution in [1.82, 2.24) is 21.3 Å². The molecule has 2 rings (SSSR count). The highest BCUT2D eigenvalue weighted by molar-refractivity contribution is 9.10. The molecule has 8 N–H and O–H groups in total. The van der Waals surface area contributed by atoms with Gasteiger partial charge in [0.15, 0.2) is 5.96 Å². The number of carbonyl (C=O) groups excluding carboxylic acids is 4. The number of alkyl halides is 1. The van der Waals surface area contributed by atoms with E-state index in [-0.39, 0.29) is 55.7 Å². The van der Waals surface area contributed by atoms with Crippen molar-refractivity contribution in [2.24, 2.45) is 28.3 Å². The Morgan fingerprint density at radius 2 is 1.40 bits per heavy atom. The standard InChI is InChI=1S/C34H50BrN7O5/c1-22(2)18-28(32(45)41-29(23(3)4)20-39-30(43)26(35)19-24-12-7-5-8-13-24)40-31(44)27(16-11-17-38-33(36)37)42-34(46)47-21-25-14-9-6-10-15-25/h5-10,12-15,22-23,26-29H,11,16-21H2,1-4H3,(H,39,43)(H,40,44)(H,41,45)(H,42,46)(H4,36,37,38)/t26-,27-,28-,29+/m0/s1. The van der Waals surface area contributed by atoms with Crippen molar-refractivity contribution in [3.8, 4) is 0 Å². The summed E-state index contributed by atoms with van der Waals surface area (Å²) in [5.74, 6) is -1.13. The maximum absolute atomic E-state index is 13.6. The third-order valence-electron chi connectivity index (χ3n) is 7.28. The molecule has 0 heterocycles. The summed E-state index contributed by atoms with van der Waals surface area (Å²) in [5.41, 5.74) is 12.7. The van der Waals surface area contributed by atoms with E-state index in [4.69, 9.17) is 16.2 Å². The van der Waals surface area contributed by atoms with Crippen LogP contribution in [0.5, 0.6) is 0 Å². The van der Waals surface area contributed by atoms with Gasteiger partial charge in [0.25, 0.3) is 0 Å². The highest BCUT2D eigenvalue weighted by atomic mass is 79.9. The normalized spacial score (nSPS) is 13.5. The quantitative estimate of drug-likeness (QED) is 0.0557. The second-order valence-corrected chi connectivity index (χ2v) is 13.3. The summed E-state index contributed by atoms with van der Waals surface area (Å²) in [7, 11) is 0. The Morgan fingerprint density at radius 3 is 1.98 bits per heavy atom. The van der Waals surface area contributed by atoms with Gasteiger partial charge >= 0.3 is 6.09 Å². The lowest BCUT2D eigenvalue weighted by molar-refractivity contribution is -0.131. The SMILES string of the molecule is CC(C)C[C@H](NC(=O)[C@H](CCCN=C(N)N)NC(=O)OCc1ccccc1)C(=O)N[C@H](CNC(=O)[C@@H](Br)Cc1ccccc1)C(C)C. The number of carbonyl (C=O) groups is 4. The minimum atomic E-state index is -1.00. The highest BCUT2D eigenvalue weighted by Gasteiger charge is 2.30. The predicted octanol–water partition coefficient (Wildman–Crippen LogP) is 3.13. The summed E-state index contributed by atoms with van der Waals surface area (Å²) in [6.07, 6.45) is 0.706. The molecule has 0 aliphatic carbocycles. The first-order valence-corrected chi connectivity index (χ1v) is 16.9. The molecule has 0 unspecified atom stereocenters. The third-order valence-corrected chi connectivity index (χ3v) is 8.02. The van der Waals surface area contributed by atoms with Crippen molar-refractivity contribution in [2.45, 2.75) is 82.9 Å². The van der Waals surface area contributed by atoms with Gasteiger partial charge in [0.2, 0.25) is 17.7 Å². The van der Waals surface area contributed by atoms with Crippen LogP contribution in [0.2, 0.25) is 0 Å². The maximum Gasteiger partial charge on any atom is 0.408 e. The Labute approximate surface area is 286 Å². The minimum absolute atomic E-state index is 0.0121. The largest absolute Gasteiger partial charge is 0.445 e. The fraction of sp³-hybridized carbons (Fsp3) is 0.500. The maximum atomic E-state index is 13.6. The van der Waals surface area contributed by atoms with Crippen LogP contribution in [0.15, 0.2) is 65.7 Å². The lowest BCUT2D eigenvalue weighted by Crippen LogP contribution is -2.57. The number of halogens is 1. The minimum Gasteiger partial charge on any atom is -0.445 e. The zero-order valence-corrected chi connectivity index (χ0v) is 29.3. The van der Waals surface area contributed by atoms with Crippen molar-refractivity contribution < 1.29 is 23.9 Å². The first-order valence-electron chi connectivity index (χ1n) is 15.9. The molecule has 4 atom stereocenters. The van der Waals surface area contributed by atoms with Gasteiger partial charge in [-0.05, 0) is 48.6 Å². The molecule has 4 amide bonds. The van der Waals surface area contributed by atoms with Crippen molar-refractivity contribution >= 4 is 45.7 Å². The molecule has 12 nitrogen and oxygen atoms in total. The molecule has 0 aliphatic heterocycles. The molecule has 0 saturated heterocycles. The molecule has 258 valence electrons. The summed E-state index contributed by atoms with van der Waals surface area (Å²) in [5, 5.41) is 11.4. The van der Waals surface area contributed by atoms with Gasteiger partial charge < -0.3 is 37.5 Å². The second kappa shape index (κ2) is 20.9. The number of nitrogens with zero attached hydrogens (tertiary/aromatic N) is 1. The van der Waals surface area contributed by atoms with Crippen LogP contribution in [0.1, 0.15) is 58.1 Å². The van der Waals surface area contributed by atoms with Crippen LogP contribution in [-0.2, 0) is 32.1 Å². The number of hydrogen-bond donors (Lipinski definition) is 6. The van der Waals surface area contributed by atoms with E-state index >= 15 is 0 Å². The molecular weight excluding hydrogens is 666 g/mol. The zero-order valence-electron chi connectivity index (χ0n) is 27.7. The Morgan fingerprint density at radius 1 is 0.809 bits per heavy atom. The van der Waals surface area contributed by atoms with Gasteiger partial charge in [-0.3, -0.25) is 19.4 Å². The van der Waals surface area contributed by atoms with Crippen molar-refractivity contribution in [3.63, 3.8) is 0 Å². The van der Waals surface area contributed by atoms with Crippen LogP contribution < -0.4 is 32.7 Å². The number of rotatable bonds is 19. The van der Waals surface area contributed by atoms with Gasteiger partial charge in [0.1, 0.15) is 18.7 Å². The summed E-state index contributed by atoms with van der Waals surface area (Å²) >= 11 is 3.47. The van der Waals surface area contributed by atoms with E-state index in [2.05, 4.69) is 42.2 Å². The molecule has 13 heteroatoms. The zero-order chi connectivity index (χ0) is 34.8. The fourth-order valence-corrected chi connectivity index (χ4v) is 5.16. The first-order chi connectivity index (χ1) is 22.3. The molecule has 0 aliphatic rings. The lowest BCUT2D eigenvalue weighted by atomic mass is 9.99. The molecule has 2 aromatic carbocycles. The Kier molecular flexibility index (Phi) is 17.4. The lowest BCUT2D eigenvalue weighted by Gasteiger charge is -2.28. The molecule has 0 aromatic heterocycles. The number of alkyl carbamates (subject to hydrolysis) is 1. The van der Waals surface area contributed by atoms with Crippen LogP contribution in [0, 0.1) is 11.8 Å². The van der Waals surface area contributed by atoms with Crippen molar-refractivity contribution in [3.05, 3.63) is 71.8 Å². The molecule has 0 radical (unpaired) electrons. The highest BCUT2D eigenvalue weighted by Crippen LogP contribution is 2.12. The average Bonchev–Trinajstić information content (AvgIpc) is 3.03. The number of hydrogen-bond acceptors (Lipinski definition) is 6. The first kappa shape index (κ1) is 39.1. The average molecular weight is 717 g/mol. The number of amides is 4. The van der Waals surface area contributed by atoms with Crippen LogP contribution in [0.3, 0.4) is 0 Å². The summed E-state index contributed by atoms with van der Waals surface area (Å²) in [4.78, 5) is 56.1. The molecule has 0 spiro atoms. The number of benzene rings is 2. The van der Waals surface area contributed by atoms with E-state index in [1.807, 2.05) is 88.4 Å². The van der Waals surface area contributed by atoms with E-state index < -0.39 is 35.0 Å². The number of nitrogens with two attached hydrogens (primary N) is 2. The van der Waals surface area contributed by atoms with Crippen LogP contribution in [0.25, 0.3) is 0 Å².